The van der Waals surface area contributed by atoms with Gasteiger partial charge in [-0.05, 0) is 57.5 Å². The SMILES string of the molecule is Cc1nc(C)c(CNC(=O)c2cccc(Nc3sc(-c4ccc(C(C)(C)O)cc4F)cc3C(N)=O)n2)s1. The number of anilines is 2. The summed E-state index contributed by atoms with van der Waals surface area (Å²) in [6, 6.07) is 10.9. The van der Waals surface area contributed by atoms with Crippen LogP contribution in [0.2, 0.25) is 0 Å². The van der Waals surface area contributed by atoms with E-state index in [1.165, 1.54) is 23.5 Å². The lowest BCUT2D eigenvalue weighted by molar-refractivity contribution is 0.0782. The zero-order valence-corrected chi connectivity index (χ0v) is 22.3. The Morgan fingerprint density at radius 2 is 1.86 bits per heavy atom. The molecule has 0 unspecified atom stereocenters. The molecule has 8 nitrogen and oxygen atoms in total. The number of amides is 2. The molecule has 5 N–H and O–H groups in total. The normalized spacial score (nSPS) is 11.4. The molecule has 0 saturated carbocycles. The van der Waals surface area contributed by atoms with E-state index in [1.807, 2.05) is 13.8 Å². The number of nitrogens with zero attached hydrogens (tertiary/aromatic N) is 2. The minimum absolute atomic E-state index is 0.165. The summed E-state index contributed by atoms with van der Waals surface area (Å²) in [6.07, 6.45) is 0. The number of thiophene rings is 1. The topological polar surface area (TPSA) is 130 Å². The van der Waals surface area contributed by atoms with Crippen LogP contribution < -0.4 is 16.4 Å². The smallest absolute Gasteiger partial charge is 0.270 e. The molecule has 4 aromatic rings. The van der Waals surface area contributed by atoms with Gasteiger partial charge in [-0.25, -0.2) is 14.4 Å². The number of hydrogen-bond acceptors (Lipinski definition) is 8. The number of carbonyl (C=O) groups is 2. The maximum atomic E-state index is 14.9. The van der Waals surface area contributed by atoms with Crippen molar-refractivity contribution >= 4 is 45.3 Å². The molecule has 0 aliphatic heterocycles. The van der Waals surface area contributed by atoms with Crippen LogP contribution in [-0.4, -0.2) is 26.9 Å². The highest BCUT2D eigenvalue weighted by Gasteiger charge is 2.21. The fourth-order valence-corrected chi connectivity index (χ4v) is 5.60. The summed E-state index contributed by atoms with van der Waals surface area (Å²) in [4.78, 5) is 35.0. The van der Waals surface area contributed by atoms with Crippen molar-refractivity contribution < 1.29 is 19.1 Å². The first-order valence-corrected chi connectivity index (χ1v) is 13.0. The number of hydrogen-bond donors (Lipinski definition) is 4. The largest absolute Gasteiger partial charge is 0.386 e. The predicted molar refractivity (Wildman–Crippen MR) is 144 cm³/mol. The number of carbonyl (C=O) groups excluding carboxylic acids is 2. The molecule has 0 spiro atoms. The minimum Gasteiger partial charge on any atom is -0.386 e. The number of rotatable bonds is 8. The van der Waals surface area contributed by atoms with Crippen molar-refractivity contribution in [1.29, 1.82) is 0 Å². The molecule has 0 fully saturated rings. The van der Waals surface area contributed by atoms with Crippen LogP contribution >= 0.6 is 22.7 Å². The first kappa shape index (κ1) is 26.4. The fraction of sp³-hybridized carbons (Fsp3) is 0.231. The summed E-state index contributed by atoms with van der Waals surface area (Å²) in [5.41, 5.74) is 6.32. The molecule has 1 aromatic carbocycles. The van der Waals surface area contributed by atoms with Gasteiger partial charge in [-0.2, -0.15) is 0 Å². The van der Waals surface area contributed by atoms with E-state index in [9.17, 15) is 19.1 Å². The minimum atomic E-state index is -1.19. The van der Waals surface area contributed by atoms with E-state index in [0.717, 1.165) is 26.9 Å². The summed E-state index contributed by atoms with van der Waals surface area (Å²) in [5.74, 6) is -1.26. The average molecular weight is 540 g/mol. The van der Waals surface area contributed by atoms with Gasteiger partial charge >= 0.3 is 0 Å². The number of aryl methyl sites for hydroxylation is 2. The maximum absolute atomic E-state index is 14.9. The van der Waals surface area contributed by atoms with Crippen LogP contribution in [0.1, 0.15) is 55.8 Å². The highest BCUT2D eigenvalue weighted by molar-refractivity contribution is 7.20. The van der Waals surface area contributed by atoms with Gasteiger partial charge in [0.15, 0.2) is 0 Å². The molecule has 0 aliphatic carbocycles. The Labute approximate surface area is 221 Å². The second-order valence-corrected chi connectivity index (χ2v) is 11.3. The van der Waals surface area contributed by atoms with E-state index in [4.69, 9.17) is 5.73 Å². The van der Waals surface area contributed by atoms with Crippen LogP contribution in [0, 0.1) is 19.7 Å². The van der Waals surface area contributed by atoms with Gasteiger partial charge in [-0.1, -0.05) is 18.2 Å². The molecule has 0 radical (unpaired) electrons. The molecule has 3 aromatic heterocycles. The summed E-state index contributed by atoms with van der Waals surface area (Å²) in [6.45, 7) is 7.29. The van der Waals surface area contributed by atoms with Crippen molar-refractivity contribution in [1.82, 2.24) is 15.3 Å². The van der Waals surface area contributed by atoms with Gasteiger partial charge in [-0.3, -0.25) is 9.59 Å². The number of halogens is 1. The van der Waals surface area contributed by atoms with Crippen LogP contribution in [0.15, 0.2) is 42.5 Å². The van der Waals surface area contributed by atoms with Gasteiger partial charge in [0.05, 0.1) is 28.4 Å². The molecule has 192 valence electrons. The van der Waals surface area contributed by atoms with E-state index in [-0.39, 0.29) is 22.7 Å². The fourth-order valence-electron chi connectivity index (χ4n) is 3.63. The number of thiazole rings is 1. The number of benzene rings is 1. The molecule has 0 bridgehead atoms. The van der Waals surface area contributed by atoms with E-state index < -0.39 is 17.3 Å². The summed E-state index contributed by atoms with van der Waals surface area (Å²) >= 11 is 2.65. The second kappa shape index (κ2) is 10.4. The third kappa shape index (κ3) is 6.01. The monoisotopic (exact) mass is 539 g/mol. The lowest BCUT2D eigenvalue weighted by Crippen LogP contribution is -2.23. The van der Waals surface area contributed by atoms with Crippen LogP contribution in [0.25, 0.3) is 10.4 Å². The Hall–Kier alpha value is -3.67. The standard InChI is InChI=1S/C26H26FN5O3S2/c1-13-21(36-14(2)30-13)12-29-24(34)19-6-5-7-22(31-19)32-25-17(23(28)33)11-20(37-25)16-9-8-15(10-18(16)27)26(3,4)35/h5-11,35H,12H2,1-4H3,(H2,28,33)(H,29,34)(H,31,32). The Kier molecular flexibility index (Phi) is 7.39. The first-order chi connectivity index (χ1) is 17.4. The number of aromatic nitrogens is 2. The van der Waals surface area contributed by atoms with Crippen LogP contribution in [0.5, 0.6) is 0 Å². The predicted octanol–water partition coefficient (Wildman–Crippen LogP) is 5.02. The van der Waals surface area contributed by atoms with Gasteiger partial charge in [0.25, 0.3) is 11.8 Å². The molecule has 0 atom stereocenters. The molecule has 11 heteroatoms. The summed E-state index contributed by atoms with van der Waals surface area (Å²) in [7, 11) is 0. The first-order valence-electron chi connectivity index (χ1n) is 11.3. The molecular formula is C26H26FN5O3S2. The van der Waals surface area contributed by atoms with E-state index in [0.29, 0.717) is 27.8 Å². The third-order valence-electron chi connectivity index (χ3n) is 5.57. The number of pyridine rings is 1. The Balaban J connectivity index is 1.56. The Bertz CT molecular complexity index is 1490. The van der Waals surface area contributed by atoms with Crippen LogP contribution in [0.4, 0.5) is 15.2 Å². The number of aliphatic hydroxyl groups is 1. The zero-order valence-electron chi connectivity index (χ0n) is 20.7. The number of nitrogens with one attached hydrogen (secondary N) is 2. The molecule has 0 saturated heterocycles. The van der Waals surface area contributed by atoms with Crippen molar-refractivity contribution in [3.63, 3.8) is 0 Å². The van der Waals surface area contributed by atoms with Crippen molar-refractivity contribution in [2.24, 2.45) is 5.73 Å². The van der Waals surface area contributed by atoms with Crippen LogP contribution in [0.3, 0.4) is 0 Å². The number of nitrogens with two attached hydrogens (primary N) is 1. The van der Waals surface area contributed by atoms with Crippen molar-refractivity contribution in [3.05, 3.63) is 80.7 Å². The van der Waals surface area contributed by atoms with Gasteiger partial charge in [0, 0.05) is 15.3 Å². The van der Waals surface area contributed by atoms with Crippen molar-refractivity contribution in [3.8, 4) is 10.4 Å². The molecule has 3 heterocycles. The highest BCUT2D eigenvalue weighted by Crippen LogP contribution is 2.38. The Morgan fingerprint density at radius 1 is 1.11 bits per heavy atom. The second-order valence-electron chi connectivity index (χ2n) is 8.93. The molecule has 0 aliphatic rings. The molecule has 4 rings (SSSR count). The third-order valence-corrected chi connectivity index (χ3v) is 7.73. The van der Waals surface area contributed by atoms with Gasteiger partial charge in [0.1, 0.15) is 22.3 Å². The Morgan fingerprint density at radius 3 is 2.49 bits per heavy atom. The van der Waals surface area contributed by atoms with Gasteiger partial charge < -0.3 is 21.5 Å². The molecule has 2 amide bonds. The zero-order chi connectivity index (χ0) is 26.9. The summed E-state index contributed by atoms with van der Waals surface area (Å²) < 4.78 is 14.9. The maximum Gasteiger partial charge on any atom is 0.270 e. The average Bonchev–Trinajstić information content (AvgIpc) is 3.39. The van der Waals surface area contributed by atoms with Crippen molar-refractivity contribution in [2.75, 3.05) is 5.32 Å². The van der Waals surface area contributed by atoms with E-state index >= 15 is 0 Å². The molecular weight excluding hydrogens is 513 g/mol. The van der Waals surface area contributed by atoms with Gasteiger partial charge in [0.2, 0.25) is 0 Å². The number of primary amides is 1. The summed E-state index contributed by atoms with van der Waals surface area (Å²) in [5, 5.41) is 17.3. The van der Waals surface area contributed by atoms with E-state index in [2.05, 4.69) is 20.6 Å². The molecule has 37 heavy (non-hydrogen) atoms. The lowest BCUT2D eigenvalue weighted by atomic mass is 9.96. The lowest BCUT2D eigenvalue weighted by Gasteiger charge is -2.18. The van der Waals surface area contributed by atoms with Gasteiger partial charge in [-0.15, -0.1) is 22.7 Å². The van der Waals surface area contributed by atoms with Crippen molar-refractivity contribution in [2.45, 2.75) is 39.8 Å². The van der Waals surface area contributed by atoms with E-state index in [1.54, 1.807) is 44.2 Å². The van der Waals surface area contributed by atoms with Crippen LogP contribution in [-0.2, 0) is 12.1 Å². The quantitative estimate of drug-likeness (QED) is 0.249. The highest BCUT2D eigenvalue weighted by atomic mass is 32.1.